The van der Waals surface area contributed by atoms with Gasteiger partial charge in [0.2, 0.25) is 0 Å². The van der Waals surface area contributed by atoms with Gasteiger partial charge in [-0.15, -0.1) is 0 Å². The number of likely N-dealkylation sites (tertiary alicyclic amines) is 1. The summed E-state index contributed by atoms with van der Waals surface area (Å²) >= 11 is 0. The Labute approximate surface area is 195 Å². The first-order chi connectivity index (χ1) is 15.7. The molecule has 33 heavy (non-hydrogen) atoms. The van der Waals surface area contributed by atoms with E-state index < -0.39 is 24.1 Å². The third kappa shape index (κ3) is 5.66. The maximum atomic E-state index is 13.0. The van der Waals surface area contributed by atoms with Crippen LogP contribution < -0.4 is 10.1 Å². The molecule has 0 radical (unpaired) electrons. The minimum absolute atomic E-state index is 0.272. The topological polar surface area (TPSA) is 88.1 Å². The number of carboxylic acid groups (broad SMARTS) is 1. The van der Waals surface area contributed by atoms with Crippen molar-refractivity contribution in [2.45, 2.75) is 70.8 Å². The Hall–Kier alpha value is -3.06. The van der Waals surface area contributed by atoms with Gasteiger partial charge in [-0.2, -0.15) is 0 Å². The lowest BCUT2D eigenvalue weighted by Crippen LogP contribution is -2.44. The molecule has 0 saturated carbocycles. The quantitative estimate of drug-likeness (QED) is 0.600. The Morgan fingerprint density at radius 2 is 1.82 bits per heavy atom. The molecule has 2 aromatic carbocycles. The second-order valence-electron chi connectivity index (χ2n) is 9.00. The molecule has 1 saturated heterocycles. The van der Waals surface area contributed by atoms with Crippen LogP contribution in [0.5, 0.6) is 5.75 Å². The number of methoxy groups -OCH3 is 1. The van der Waals surface area contributed by atoms with Gasteiger partial charge >= 0.3 is 12.1 Å². The Kier molecular flexibility index (Phi) is 7.97. The molecule has 0 spiro atoms. The standard InChI is InChI=1S/C26H34N2O5/c1-16(2)19-11-12-23(32-5)20(13-19)15-27-21-14-22(25(29)30)28(26(31)33-17(3)4)24(21)18-9-7-6-8-10-18/h6-13,16-17,21-22,24,27H,14-15H2,1-5H3,(H,29,30). The van der Waals surface area contributed by atoms with Gasteiger partial charge in [0, 0.05) is 18.2 Å². The number of carbonyl (C=O) groups is 2. The van der Waals surface area contributed by atoms with Crippen molar-refractivity contribution in [3.05, 3.63) is 65.2 Å². The predicted octanol–water partition coefficient (Wildman–Crippen LogP) is 4.72. The zero-order valence-corrected chi connectivity index (χ0v) is 19.9. The molecule has 2 aromatic rings. The molecule has 1 aliphatic rings. The Morgan fingerprint density at radius 3 is 2.39 bits per heavy atom. The maximum Gasteiger partial charge on any atom is 0.411 e. The normalized spacial score (nSPS) is 20.3. The second kappa shape index (κ2) is 10.7. The lowest BCUT2D eigenvalue weighted by molar-refractivity contribution is -0.142. The Bertz CT molecular complexity index is 960. The summed E-state index contributed by atoms with van der Waals surface area (Å²) in [7, 11) is 1.64. The summed E-state index contributed by atoms with van der Waals surface area (Å²) in [5.74, 6) is 0.100. The third-order valence-corrected chi connectivity index (χ3v) is 5.99. The summed E-state index contributed by atoms with van der Waals surface area (Å²) < 4.78 is 11.0. The molecule has 7 nitrogen and oxygen atoms in total. The van der Waals surface area contributed by atoms with Crippen LogP contribution in [-0.4, -0.2) is 47.4 Å². The molecule has 1 heterocycles. The summed E-state index contributed by atoms with van der Waals surface area (Å²) in [5, 5.41) is 13.4. The summed E-state index contributed by atoms with van der Waals surface area (Å²) in [6.45, 7) is 8.27. The smallest absolute Gasteiger partial charge is 0.411 e. The fraction of sp³-hybridized carbons (Fsp3) is 0.462. The molecule has 178 valence electrons. The molecule has 1 aliphatic heterocycles. The number of aliphatic carboxylic acids is 1. The second-order valence-corrected chi connectivity index (χ2v) is 9.00. The molecular weight excluding hydrogens is 420 g/mol. The lowest BCUT2D eigenvalue weighted by Gasteiger charge is -2.31. The number of rotatable bonds is 8. The molecule has 3 rings (SSSR count). The van der Waals surface area contributed by atoms with Crippen LogP contribution in [0.1, 0.15) is 62.8 Å². The van der Waals surface area contributed by atoms with Crippen LogP contribution in [0.2, 0.25) is 0 Å². The molecule has 3 atom stereocenters. The van der Waals surface area contributed by atoms with Gasteiger partial charge in [0.1, 0.15) is 11.8 Å². The largest absolute Gasteiger partial charge is 0.496 e. The van der Waals surface area contributed by atoms with Gasteiger partial charge in [0.15, 0.2) is 0 Å². The van der Waals surface area contributed by atoms with E-state index in [9.17, 15) is 14.7 Å². The highest BCUT2D eigenvalue weighted by atomic mass is 16.6. The third-order valence-electron chi connectivity index (χ3n) is 5.99. The maximum absolute atomic E-state index is 13.0. The van der Waals surface area contributed by atoms with Crippen LogP contribution in [0.4, 0.5) is 4.79 Å². The van der Waals surface area contributed by atoms with Crippen LogP contribution in [0, 0.1) is 0 Å². The van der Waals surface area contributed by atoms with Crippen LogP contribution in [-0.2, 0) is 16.1 Å². The highest BCUT2D eigenvalue weighted by Crippen LogP contribution is 2.38. The molecule has 2 N–H and O–H groups in total. The minimum Gasteiger partial charge on any atom is -0.496 e. The number of hydrogen-bond donors (Lipinski definition) is 2. The molecule has 1 fully saturated rings. The number of carbonyl (C=O) groups excluding carboxylic acids is 1. The number of ether oxygens (including phenoxy) is 2. The first kappa shape index (κ1) is 24.6. The van der Waals surface area contributed by atoms with Crippen molar-refractivity contribution in [2.75, 3.05) is 7.11 Å². The van der Waals surface area contributed by atoms with Crippen molar-refractivity contribution in [3.8, 4) is 5.75 Å². The van der Waals surface area contributed by atoms with Crippen LogP contribution in [0.3, 0.4) is 0 Å². The van der Waals surface area contributed by atoms with Gasteiger partial charge < -0.3 is 19.9 Å². The monoisotopic (exact) mass is 454 g/mol. The highest BCUT2D eigenvalue weighted by molar-refractivity contribution is 5.81. The van der Waals surface area contributed by atoms with Gasteiger partial charge in [-0.25, -0.2) is 9.59 Å². The zero-order chi connectivity index (χ0) is 24.1. The average molecular weight is 455 g/mol. The van der Waals surface area contributed by atoms with E-state index in [1.165, 1.54) is 10.5 Å². The molecule has 0 aliphatic carbocycles. The first-order valence-corrected chi connectivity index (χ1v) is 11.4. The summed E-state index contributed by atoms with van der Waals surface area (Å²) in [4.78, 5) is 26.5. The molecular formula is C26H34N2O5. The summed E-state index contributed by atoms with van der Waals surface area (Å²) in [5.41, 5.74) is 3.05. The fourth-order valence-electron chi connectivity index (χ4n) is 4.37. The fourth-order valence-corrected chi connectivity index (χ4v) is 4.37. The van der Waals surface area contributed by atoms with Crippen molar-refractivity contribution in [1.29, 1.82) is 0 Å². The zero-order valence-electron chi connectivity index (χ0n) is 19.9. The van der Waals surface area contributed by atoms with Crippen molar-refractivity contribution in [1.82, 2.24) is 10.2 Å². The molecule has 1 amide bonds. The number of carboxylic acids is 1. The number of amides is 1. The molecule has 0 bridgehead atoms. The minimum atomic E-state index is -1.04. The summed E-state index contributed by atoms with van der Waals surface area (Å²) in [6.07, 6.45) is -0.692. The average Bonchev–Trinajstić information content (AvgIpc) is 3.17. The van der Waals surface area contributed by atoms with E-state index in [1.54, 1.807) is 21.0 Å². The van der Waals surface area contributed by atoms with Gasteiger partial charge in [-0.1, -0.05) is 56.3 Å². The van der Waals surface area contributed by atoms with Gasteiger partial charge in [-0.05, 0) is 43.4 Å². The lowest BCUT2D eigenvalue weighted by atomic mass is 9.98. The van der Waals surface area contributed by atoms with E-state index in [4.69, 9.17) is 9.47 Å². The number of nitrogens with zero attached hydrogens (tertiary/aromatic N) is 1. The SMILES string of the molecule is COc1ccc(C(C)C)cc1CNC1CC(C(=O)O)N(C(=O)OC(C)C)C1c1ccccc1. The predicted molar refractivity (Wildman–Crippen MR) is 126 cm³/mol. The highest BCUT2D eigenvalue weighted by Gasteiger charge is 2.48. The van der Waals surface area contributed by atoms with E-state index in [0.29, 0.717) is 12.5 Å². The van der Waals surface area contributed by atoms with Gasteiger partial charge in [0.25, 0.3) is 0 Å². The van der Waals surface area contributed by atoms with E-state index in [1.807, 2.05) is 36.4 Å². The van der Waals surface area contributed by atoms with Crippen LogP contribution in [0.25, 0.3) is 0 Å². The summed E-state index contributed by atoms with van der Waals surface area (Å²) in [6, 6.07) is 13.9. The first-order valence-electron chi connectivity index (χ1n) is 11.4. The molecule has 3 unspecified atom stereocenters. The number of benzene rings is 2. The van der Waals surface area contributed by atoms with Crippen molar-refractivity contribution >= 4 is 12.1 Å². The van der Waals surface area contributed by atoms with E-state index >= 15 is 0 Å². The molecule has 0 aromatic heterocycles. The van der Waals surface area contributed by atoms with Gasteiger partial charge in [-0.3, -0.25) is 4.90 Å². The number of nitrogens with one attached hydrogen (secondary N) is 1. The van der Waals surface area contributed by atoms with Crippen molar-refractivity contribution < 1.29 is 24.2 Å². The van der Waals surface area contributed by atoms with E-state index in [0.717, 1.165) is 16.9 Å². The van der Waals surface area contributed by atoms with E-state index in [-0.39, 0.29) is 18.6 Å². The Balaban J connectivity index is 1.94. The van der Waals surface area contributed by atoms with Crippen LogP contribution >= 0.6 is 0 Å². The van der Waals surface area contributed by atoms with Crippen molar-refractivity contribution in [2.24, 2.45) is 0 Å². The van der Waals surface area contributed by atoms with Gasteiger partial charge in [0.05, 0.1) is 19.3 Å². The van der Waals surface area contributed by atoms with E-state index in [2.05, 4.69) is 31.3 Å². The number of hydrogen-bond acceptors (Lipinski definition) is 5. The molecule has 7 heteroatoms. The van der Waals surface area contributed by atoms with Crippen molar-refractivity contribution in [3.63, 3.8) is 0 Å². The Morgan fingerprint density at radius 1 is 1.12 bits per heavy atom. The van der Waals surface area contributed by atoms with Crippen LogP contribution in [0.15, 0.2) is 48.5 Å².